The minimum Gasteiger partial charge on any atom is -0.338 e. The predicted octanol–water partition coefficient (Wildman–Crippen LogP) is 3.15. The van der Waals surface area contributed by atoms with E-state index in [0.29, 0.717) is 0 Å². The lowest BCUT2D eigenvalue weighted by Gasteiger charge is -2.21. The van der Waals surface area contributed by atoms with Crippen molar-refractivity contribution in [1.29, 1.82) is 0 Å². The average molecular weight is 238 g/mol. The lowest BCUT2D eigenvalue weighted by Crippen LogP contribution is -2.38. The molecule has 0 radical (unpaired) electrons. The fraction of sp³-hybridized carbons (Fsp3) is 0.929. The van der Waals surface area contributed by atoms with E-state index < -0.39 is 0 Å². The molecule has 1 saturated carbocycles. The van der Waals surface area contributed by atoms with Crippen molar-refractivity contribution >= 4 is 6.03 Å². The van der Waals surface area contributed by atoms with Crippen LogP contribution in [0.3, 0.4) is 0 Å². The van der Waals surface area contributed by atoms with Crippen LogP contribution in [0.4, 0.5) is 4.79 Å². The number of likely N-dealkylation sites (tertiary alicyclic amines) is 1. The Labute approximate surface area is 105 Å². The van der Waals surface area contributed by atoms with E-state index in [1.54, 1.807) is 0 Å². The summed E-state index contributed by atoms with van der Waals surface area (Å²) in [5.41, 5.74) is 0. The summed E-state index contributed by atoms with van der Waals surface area (Å²) in [5.74, 6) is 0.937. The number of rotatable bonds is 4. The Morgan fingerprint density at radius 3 is 2.47 bits per heavy atom. The zero-order chi connectivity index (χ0) is 11.9. The molecule has 0 aromatic rings. The van der Waals surface area contributed by atoms with Crippen molar-refractivity contribution in [3.05, 3.63) is 0 Å². The first-order valence-corrected chi connectivity index (χ1v) is 7.39. The second kappa shape index (κ2) is 6.87. The van der Waals surface area contributed by atoms with Crippen LogP contribution in [0.15, 0.2) is 0 Å². The number of nitrogens with one attached hydrogen (secondary N) is 1. The molecule has 2 amide bonds. The van der Waals surface area contributed by atoms with Gasteiger partial charge in [0.05, 0.1) is 0 Å². The lowest BCUT2D eigenvalue weighted by atomic mass is 9.86. The molecule has 0 aromatic carbocycles. The van der Waals surface area contributed by atoms with E-state index >= 15 is 0 Å². The molecule has 98 valence electrons. The summed E-state index contributed by atoms with van der Waals surface area (Å²) in [6, 6.07) is 0.158. The van der Waals surface area contributed by atoms with E-state index in [9.17, 15) is 4.79 Å². The van der Waals surface area contributed by atoms with Crippen LogP contribution in [0.1, 0.15) is 57.8 Å². The van der Waals surface area contributed by atoms with Crippen LogP contribution in [0.2, 0.25) is 0 Å². The second-order valence-electron chi connectivity index (χ2n) is 5.57. The summed E-state index contributed by atoms with van der Waals surface area (Å²) < 4.78 is 0. The van der Waals surface area contributed by atoms with Gasteiger partial charge >= 0.3 is 6.03 Å². The van der Waals surface area contributed by atoms with Crippen LogP contribution in [0, 0.1) is 5.92 Å². The van der Waals surface area contributed by atoms with E-state index in [0.717, 1.165) is 32.0 Å². The second-order valence-corrected chi connectivity index (χ2v) is 5.57. The molecule has 2 aliphatic rings. The molecule has 0 bridgehead atoms. The Bertz CT molecular complexity index is 230. The highest BCUT2D eigenvalue weighted by Gasteiger charge is 2.17. The minimum atomic E-state index is 0.158. The molecule has 17 heavy (non-hydrogen) atoms. The first-order valence-electron chi connectivity index (χ1n) is 7.39. The molecule has 1 saturated heterocycles. The van der Waals surface area contributed by atoms with Crippen molar-refractivity contribution in [3.63, 3.8) is 0 Å². The summed E-state index contributed by atoms with van der Waals surface area (Å²) in [7, 11) is 0. The van der Waals surface area contributed by atoms with Gasteiger partial charge in [-0.2, -0.15) is 0 Å². The largest absolute Gasteiger partial charge is 0.338 e. The van der Waals surface area contributed by atoms with Gasteiger partial charge in [-0.1, -0.05) is 32.1 Å². The number of nitrogens with zero attached hydrogens (tertiary/aromatic N) is 1. The molecular formula is C14H26N2O. The van der Waals surface area contributed by atoms with Gasteiger partial charge in [-0.3, -0.25) is 0 Å². The van der Waals surface area contributed by atoms with Gasteiger partial charge in [0.15, 0.2) is 0 Å². The van der Waals surface area contributed by atoms with Crippen LogP contribution in [0.25, 0.3) is 0 Å². The van der Waals surface area contributed by atoms with Crippen LogP contribution < -0.4 is 5.32 Å². The normalized spacial score (nSPS) is 21.8. The molecule has 2 rings (SSSR count). The Kier molecular flexibility index (Phi) is 5.14. The van der Waals surface area contributed by atoms with Gasteiger partial charge in [0.1, 0.15) is 0 Å². The zero-order valence-corrected chi connectivity index (χ0v) is 10.9. The standard InChI is InChI=1S/C14H26N2O/c17-14(16-11-4-5-12-16)15-10-6-9-13-7-2-1-3-8-13/h13H,1-12H2,(H,15,17). The van der Waals surface area contributed by atoms with Gasteiger partial charge in [0.25, 0.3) is 0 Å². The molecule has 1 aliphatic heterocycles. The number of hydrogen-bond acceptors (Lipinski definition) is 1. The summed E-state index contributed by atoms with van der Waals surface area (Å²) >= 11 is 0. The summed E-state index contributed by atoms with van der Waals surface area (Å²) in [4.78, 5) is 13.7. The summed E-state index contributed by atoms with van der Waals surface area (Å²) in [6.45, 7) is 2.77. The Balaban J connectivity index is 1.51. The highest BCUT2D eigenvalue weighted by molar-refractivity contribution is 5.74. The molecular weight excluding hydrogens is 212 g/mol. The number of carbonyl (C=O) groups excluding carboxylic acids is 1. The minimum absolute atomic E-state index is 0.158. The van der Waals surface area contributed by atoms with E-state index in [1.807, 2.05) is 4.90 Å². The molecule has 0 aromatic heterocycles. The van der Waals surface area contributed by atoms with Crippen molar-refractivity contribution < 1.29 is 4.79 Å². The van der Waals surface area contributed by atoms with Crippen molar-refractivity contribution in [3.8, 4) is 0 Å². The van der Waals surface area contributed by atoms with Crippen molar-refractivity contribution in [2.45, 2.75) is 57.8 Å². The molecule has 0 atom stereocenters. The molecule has 3 heteroatoms. The fourth-order valence-electron chi connectivity index (χ4n) is 3.09. The zero-order valence-electron chi connectivity index (χ0n) is 10.9. The average Bonchev–Trinajstić information content (AvgIpc) is 2.89. The third-order valence-electron chi connectivity index (χ3n) is 4.18. The smallest absolute Gasteiger partial charge is 0.317 e. The highest BCUT2D eigenvalue weighted by atomic mass is 16.2. The van der Waals surface area contributed by atoms with E-state index in [1.165, 1.54) is 51.4 Å². The Morgan fingerprint density at radius 2 is 1.76 bits per heavy atom. The third-order valence-corrected chi connectivity index (χ3v) is 4.18. The quantitative estimate of drug-likeness (QED) is 0.750. The third kappa shape index (κ3) is 4.21. The van der Waals surface area contributed by atoms with E-state index in [-0.39, 0.29) is 6.03 Å². The first kappa shape index (κ1) is 12.7. The summed E-state index contributed by atoms with van der Waals surface area (Å²) in [5, 5.41) is 3.05. The topological polar surface area (TPSA) is 32.3 Å². The number of amides is 2. The van der Waals surface area contributed by atoms with E-state index in [4.69, 9.17) is 0 Å². The number of carbonyl (C=O) groups is 1. The molecule has 3 nitrogen and oxygen atoms in total. The fourth-order valence-corrected chi connectivity index (χ4v) is 3.09. The maximum atomic E-state index is 11.7. The van der Waals surface area contributed by atoms with Crippen LogP contribution in [-0.4, -0.2) is 30.6 Å². The SMILES string of the molecule is O=C(NCCCC1CCCCC1)N1CCCC1. The summed E-state index contributed by atoms with van der Waals surface area (Å²) in [6.07, 6.45) is 11.9. The maximum Gasteiger partial charge on any atom is 0.317 e. The maximum absolute atomic E-state index is 11.7. The molecule has 2 fully saturated rings. The van der Waals surface area contributed by atoms with Crippen LogP contribution in [0.5, 0.6) is 0 Å². The molecule has 1 aliphatic carbocycles. The van der Waals surface area contributed by atoms with Crippen molar-refractivity contribution in [2.75, 3.05) is 19.6 Å². The van der Waals surface area contributed by atoms with Crippen LogP contribution in [-0.2, 0) is 0 Å². The Hall–Kier alpha value is -0.730. The molecule has 1 N–H and O–H groups in total. The molecule has 0 spiro atoms. The van der Waals surface area contributed by atoms with Gasteiger partial charge < -0.3 is 10.2 Å². The molecule has 0 unspecified atom stereocenters. The van der Waals surface area contributed by atoms with Gasteiger partial charge in [0, 0.05) is 19.6 Å². The molecule has 1 heterocycles. The monoisotopic (exact) mass is 238 g/mol. The van der Waals surface area contributed by atoms with E-state index in [2.05, 4.69) is 5.32 Å². The van der Waals surface area contributed by atoms with Gasteiger partial charge in [-0.15, -0.1) is 0 Å². The van der Waals surface area contributed by atoms with Gasteiger partial charge in [-0.05, 0) is 31.6 Å². The lowest BCUT2D eigenvalue weighted by molar-refractivity contribution is 0.208. The Morgan fingerprint density at radius 1 is 1.06 bits per heavy atom. The number of urea groups is 1. The predicted molar refractivity (Wildman–Crippen MR) is 70.0 cm³/mol. The van der Waals surface area contributed by atoms with Gasteiger partial charge in [-0.25, -0.2) is 4.79 Å². The first-order chi connectivity index (χ1) is 8.36. The highest BCUT2D eigenvalue weighted by Crippen LogP contribution is 2.26. The van der Waals surface area contributed by atoms with Gasteiger partial charge in [0.2, 0.25) is 0 Å². The van der Waals surface area contributed by atoms with Crippen molar-refractivity contribution in [1.82, 2.24) is 10.2 Å². The number of hydrogen-bond donors (Lipinski definition) is 1. The van der Waals surface area contributed by atoms with Crippen molar-refractivity contribution in [2.24, 2.45) is 5.92 Å². The van der Waals surface area contributed by atoms with Crippen LogP contribution >= 0.6 is 0 Å².